The van der Waals surface area contributed by atoms with Crippen molar-refractivity contribution in [1.82, 2.24) is 4.98 Å². The third-order valence-electron chi connectivity index (χ3n) is 1.15. The standard InChI is InChI=1S/C8H9NOS/c1-3-4-7(10)8-9-5-6(2)11-8/h5,7,10H,1-2H3. The number of nitrogens with zero attached hydrogens (tertiary/aromatic N) is 1. The zero-order chi connectivity index (χ0) is 8.27. The van der Waals surface area contributed by atoms with Crippen LogP contribution in [0.2, 0.25) is 0 Å². The Balaban J connectivity index is 2.81. The van der Waals surface area contributed by atoms with Gasteiger partial charge in [0, 0.05) is 11.1 Å². The molecule has 11 heavy (non-hydrogen) atoms. The van der Waals surface area contributed by atoms with Crippen molar-refractivity contribution in [2.24, 2.45) is 0 Å². The van der Waals surface area contributed by atoms with Gasteiger partial charge in [-0.1, -0.05) is 5.92 Å². The van der Waals surface area contributed by atoms with E-state index < -0.39 is 6.10 Å². The van der Waals surface area contributed by atoms with Crippen molar-refractivity contribution in [1.29, 1.82) is 0 Å². The van der Waals surface area contributed by atoms with Gasteiger partial charge in [0.05, 0.1) is 0 Å². The van der Waals surface area contributed by atoms with Crippen LogP contribution in [0.4, 0.5) is 0 Å². The first kappa shape index (κ1) is 8.25. The number of aliphatic hydroxyl groups excluding tert-OH is 1. The molecule has 1 aromatic rings. The molecule has 0 saturated carbocycles. The summed E-state index contributed by atoms with van der Waals surface area (Å²) in [6.07, 6.45) is 1.03. The Labute approximate surface area is 69.9 Å². The zero-order valence-electron chi connectivity index (χ0n) is 6.46. The van der Waals surface area contributed by atoms with Crippen molar-refractivity contribution in [2.45, 2.75) is 20.0 Å². The number of rotatable bonds is 1. The summed E-state index contributed by atoms with van der Waals surface area (Å²) < 4.78 is 0. The predicted molar refractivity (Wildman–Crippen MR) is 45.3 cm³/mol. The normalized spacial score (nSPS) is 11.9. The van der Waals surface area contributed by atoms with Gasteiger partial charge in [0.2, 0.25) is 0 Å². The molecule has 0 spiro atoms. The lowest BCUT2D eigenvalue weighted by Gasteiger charge is -1.94. The van der Waals surface area contributed by atoms with Crippen LogP contribution in [-0.4, -0.2) is 10.1 Å². The van der Waals surface area contributed by atoms with E-state index in [1.54, 1.807) is 13.1 Å². The third kappa shape index (κ3) is 2.04. The van der Waals surface area contributed by atoms with E-state index in [1.165, 1.54) is 11.3 Å². The maximum absolute atomic E-state index is 9.31. The molecule has 0 aliphatic heterocycles. The number of aliphatic hydroxyl groups is 1. The van der Waals surface area contributed by atoms with E-state index in [2.05, 4.69) is 16.8 Å². The Morgan fingerprint density at radius 3 is 2.91 bits per heavy atom. The number of aryl methyl sites for hydroxylation is 1. The van der Waals surface area contributed by atoms with Gasteiger partial charge in [-0.25, -0.2) is 4.98 Å². The second-order valence-corrected chi connectivity index (χ2v) is 3.37. The highest BCUT2D eigenvalue weighted by molar-refractivity contribution is 7.11. The summed E-state index contributed by atoms with van der Waals surface area (Å²) in [5.41, 5.74) is 0. The molecular formula is C8H9NOS. The summed E-state index contributed by atoms with van der Waals surface area (Å²) in [5.74, 6) is 5.27. The van der Waals surface area contributed by atoms with Gasteiger partial charge < -0.3 is 5.11 Å². The molecular weight excluding hydrogens is 158 g/mol. The molecule has 2 nitrogen and oxygen atoms in total. The van der Waals surface area contributed by atoms with E-state index in [9.17, 15) is 5.11 Å². The number of hydrogen-bond acceptors (Lipinski definition) is 3. The highest BCUT2D eigenvalue weighted by Crippen LogP contribution is 2.18. The van der Waals surface area contributed by atoms with Crippen molar-refractivity contribution >= 4 is 11.3 Å². The first-order chi connectivity index (χ1) is 5.24. The quantitative estimate of drug-likeness (QED) is 0.643. The van der Waals surface area contributed by atoms with Gasteiger partial charge in [0.15, 0.2) is 6.10 Å². The molecule has 0 bridgehead atoms. The van der Waals surface area contributed by atoms with E-state index >= 15 is 0 Å². The minimum absolute atomic E-state index is 0.678. The second kappa shape index (κ2) is 3.51. The highest BCUT2D eigenvalue weighted by Gasteiger charge is 2.06. The molecule has 1 N–H and O–H groups in total. The highest BCUT2D eigenvalue weighted by atomic mass is 32.1. The monoisotopic (exact) mass is 167 g/mol. The van der Waals surface area contributed by atoms with Crippen LogP contribution in [0.15, 0.2) is 6.20 Å². The molecule has 0 radical (unpaired) electrons. The van der Waals surface area contributed by atoms with Gasteiger partial charge in [-0.15, -0.1) is 17.3 Å². The Morgan fingerprint density at radius 1 is 1.73 bits per heavy atom. The third-order valence-corrected chi connectivity index (χ3v) is 2.12. The predicted octanol–water partition coefficient (Wildman–Crippen LogP) is 1.51. The topological polar surface area (TPSA) is 33.1 Å². The zero-order valence-corrected chi connectivity index (χ0v) is 7.27. The molecule has 0 aliphatic carbocycles. The van der Waals surface area contributed by atoms with E-state index in [1.807, 2.05) is 6.92 Å². The molecule has 58 valence electrons. The van der Waals surface area contributed by atoms with Crippen LogP contribution in [-0.2, 0) is 0 Å². The van der Waals surface area contributed by atoms with Crippen molar-refractivity contribution in [2.75, 3.05) is 0 Å². The van der Waals surface area contributed by atoms with Crippen molar-refractivity contribution in [3.63, 3.8) is 0 Å². The molecule has 0 fully saturated rings. The Kier molecular flexibility index (Phi) is 2.64. The lowest BCUT2D eigenvalue weighted by molar-refractivity contribution is 0.238. The molecule has 1 heterocycles. The van der Waals surface area contributed by atoms with E-state index in [-0.39, 0.29) is 0 Å². The molecule has 1 aromatic heterocycles. The van der Waals surface area contributed by atoms with Crippen LogP contribution in [0, 0.1) is 18.8 Å². The molecule has 1 rings (SSSR count). The maximum atomic E-state index is 9.31. The first-order valence-electron chi connectivity index (χ1n) is 3.26. The summed E-state index contributed by atoms with van der Waals surface area (Å²) in [4.78, 5) is 5.09. The van der Waals surface area contributed by atoms with E-state index in [0.717, 1.165) is 4.88 Å². The van der Waals surface area contributed by atoms with Gasteiger partial charge in [-0.05, 0) is 13.8 Å². The SMILES string of the molecule is CC#CC(O)c1ncc(C)s1. The fourth-order valence-electron chi connectivity index (χ4n) is 0.697. The van der Waals surface area contributed by atoms with Gasteiger partial charge in [-0.3, -0.25) is 0 Å². The Hall–Kier alpha value is -0.850. The minimum atomic E-state index is -0.710. The average molecular weight is 167 g/mol. The van der Waals surface area contributed by atoms with Crippen LogP contribution in [0.3, 0.4) is 0 Å². The second-order valence-electron chi connectivity index (χ2n) is 2.11. The van der Waals surface area contributed by atoms with Crippen LogP contribution in [0.25, 0.3) is 0 Å². The largest absolute Gasteiger partial charge is 0.374 e. The number of hydrogen-bond donors (Lipinski definition) is 1. The molecule has 3 heteroatoms. The Morgan fingerprint density at radius 2 is 2.45 bits per heavy atom. The first-order valence-corrected chi connectivity index (χ1v) is 4.08. The summed E-state index contributed by atoms with van der Waals surface area (Å²) >= 11 is 1.47. The lowest BCUT2D eigenvalue weighted by atomic mass is 10.4. The maximum Gasteiger partial charge on any atom is 0.166 e. The minimum Gasteiger partial charge on any atom is -0.374 e. The average Bonchev–Trinajstić information content (AvgIpc) is 2.36. The Bertz CT molecular complexity index is 295. The lowest BCUT2D eigenvalue weighted by Crippen LogP contribution is -1.90. The smallest absolute Gasteiger partial charge is 0.166 e. The van der Waals surface area contributed by atoms with Gasteiger partial charge in [-0.2, -0.15) is 0 Å². The van der Waals surface area contributed by atoms with Crippen molar-refractivity contribution in [3.8, 4) is 11.8 Å². The summed E-state index contributed by atoms with van der Waals surface area (Å²) in [6.45, 7) is 3.65. The fourth-order valence-corrected chi connectivity index (χ4v) is 1.41. The van der Waals surface area contributed by atoms with Gasteiger partial charge in [0.25, 0.3) is 0 Å². The number of thiazole rings is 1. The van der Waals surface area contributed by atoms with Gasteiger partial charge >= 0.3 is 0 Å². The summed E-state index contributed by atoms with van der Waals surface area (Å²) in [6, 6.07) is 0. The fraction of sp³-hybridized carbons (Fsp3) is 0.375. The van der Waals surface area contributed by atoms with Crippen LogP contribution in [0.1, 0.15) is 22.9 Å². The number of aromatic nitrogens is 1. The summed E-state index contributed by atoms with van der Waals surface area (Å²) in [7, 11) is 0. The van der Waals surface area contributed by atoms with E-state index in [4.69, 9.17) is 0 Å². The van der Waals surface area contributed by atoms with Gasteiger partial charge in [0.1, 0.15) is 5.01 Å². The summed E-state index contributed by atoms with van der Waals surface area (Å²) in [5, 5.41) is 9.99. The molecule has 1 atom stereocenters. The molecule has 0 aromatic carbocycles. The van der Waals surface area contributed by atoms with Crippen molar-refractivity contribution < 1.29 is 5.11 Å². The van der Waals surface area contributed by atoms with Crippen LogP contribution >= 0.6 is 11.3 Å². The molecule has 1 unspecified atom stereocenters. The molecule has 0 aliphatic rings. The van der Waals surface area contributed by atoms with Crippen LogP contribution < -0.4 is 0 Å². The van der Waals surface area contributed by atoms with Crippen LogP contribution in [0.5, 0.6) is 0 Å². The van der Waals surface area contributed by atoms with E-state index in [0.29, 0.717) is 5.01 Å². The van der Waals surface area contributed by atoms with Crippen molar-refractivity contribution in [3.05, 3.63) is 16.1 Å². The molecule has 0 amide bonds. The molecule has 0 saturated heterocycles.